The Bertz CT molecular complexity index is 240. The average Bonchev–Trinajstić information content (AvgIpc) is 1.94. The van der Waals surface area contributed by atoms with Crippen molar-refractivity contribution >= 4 is 33.3 Å². The summed E-state index contributed by atoms with van der Waals surface area (Å²) in [6.07, 6.45) is 1.48. The fourth-order valence-electron chi connectivity index (χ4n) is 0.512. The van der Waals surface area contributed by atoms with Crippen LogP contribution in [-0.2, 0) is 0 Å². The highest BCUT2D eigenvalue weighted by Gasteiger charge is 1.99. The molecule has 1 heterocycles. The minimum atomic E-state index is 0.382. The third-order valence-electron chi connectivity index (χ3n) is 0.935. The zero-order valence-corrected chi connectivity index (χ0v) is 7.57. The molecule has 1 N–H and O–H groups in total. The molecule has 0 radical (unpaired) electrons. The number of halogens is 2. The average molecular weight is 222 g/mol. The monoisotopic (exact) mass is 221 g/mol. The minimum absolute atomic E-state index is 0.382. The number of hydrogen-bond acceptors (Lipinski definition) is 3. The number of anilines is 1. The van der Waals surface area contributed by atoms with Gasteiger partial charge in [-0.1, -0.05) is 11.6 Å². The summed E-state index contributed by atoms with van der Waals surface area (Å²) in [6.45, 7) is 0. The van der Waals surface area contributed by atoms with Crippen LogP contribution in [-0.4, -0.2) is 17.0 Å². The molecular formula is C5H5BrClN3. The van der Waals surface area contributed by atoms with Crippen molar-refractivity contribution in [3.63, 3.8) is 0 Å². The second kappa shape index (κ2) is 3.16. The van der Waals surface area contributed by atoms with Crippen LogP contribution in [0.1, 0.15) is 0 Å². The molecule has 0 saturated heterocycles. The number of aromatic nitrogens is 2. The summed E-state index contributed by atoms with van der Waals surface area (Å²) in [6, 6.07) is 0. The van der Waals surface area contributed by atoms with E-state index in [1.54, 1.807) is 7.05 Å². The Hall–Kier alpha value is -0.350. The summed E-state index contributed by atoms with van der Waals surface area (Å²) in [5, 5.41) is 3.21. The molecule has 0 spiro atoms. The van der Waals surface area contributed by atoms with Crippen LogP contribution in [0.3, 0.4) is 0 Å². The summed E-state index contributed by atoms with van der Waals surface area (Å²) in [7, 11) is 1.76. The summed E-state index contributed by atoms with van der Waals surface area (Å²) in [4.78, 5) is 7.85. The highest BCUT2D eigenvalue weighted by molar-refractivity contribution is 9.10. The van der Waals surface area contributed by atoms with Crippen molar-refractivity contribution in [1.29, 1.82) is 0 Å². The van der Waals surface area contributed by atoms with Crippen LogP contribution in [0.25, 0.3) is 0 Å². The van der Waals surface area contributed by atoms with Gasteiger partial charge in [0.1, 0.15) is 9.76 Å². The van der Waals surface area contributed by atoms with Gasteiger partial charge in [0.25, 0.3) is 0 Å². The maximum atomic E-state index is 5.56. The van der Waals surface area contributed by atoms with Gasteiger partial charge in [-0.3, -0.25) is 0 Å². The molecule has 0 aromatic carbocycles. The molecule has 0 atom stereocenters. The van der Waals surface area contributed by atoms with Gasteiger partial charge in [0.15, 0.2) is 5.82 Å². The van der Waals surface area contributed by atoms with E-state index in [1.807, 2.05) is 0 Å². The zero-order valence-electron chi connectivity index (χ0n) is 5.23. The van der Waals surface area contributed by atoms with E-state index in [2.05, 4.69) is 31.2 Å². The van der Waals surface area contributed by atoms with Crippen molar-refractivity contribution in [2.24, 2.45) is 0 Å². The molecule has 10 heavy (non-hydrogen) atoms. The summed E-state index contributed by atoms with van der Waals surface area (Å²) >= 11 is 8.76. The highest BCUT2D eigenvalue weighted by atomic mass is 79.9. The number of nitrogens with zero attached hydrogens (tertiary/aromatic N) is 2. The highest BCUT2D eigenvalue weighted by Crippen LogP contribution is 2.17. The van der Waals surface area contributed by atoms with E-state index in [4.69, 9.17) is 11.6 Å². The molecular weight excluding hydrogens is 217 g/mol. The summed E-state index contributed by atoms with van der Waals surface area (Å²) < 4.78 is 0.666. The third kappa shape index (κ3) is 1.58. The standard InChI is InChI=1S/C5H5BrClN3/c1-8-5-4(6)9-2-3(7)10-5/h2H,1H3,(H,8,10). The normalized spacial score (nSPS) is 9.50. The van der Waals surface area contributed by atoms with Crippen LogP contribution < -0.4 is 5.32 Å². The maximum absolute atomic E-state index is 5.56. The molecule has 3 nitrogen and oxygen atoms in total. The molecule has 0 unspecified atom stereocenters. The van der Waals surface area contributed by atoms with Gasteiger partial charge in [0, 0.05) is 7.05 Å². The Morgan fingerprint density at radius 1 is 1.70 bits per heavy atom. The second-order valence-corrected chi connectivity index (χ2v) is 2.72. The Morgan fingerprint density at radius 3 is 2.90 bits per heavy atom. The zero-order chi connectivity index (χ0) is 7.56. The second-order valence-electron chi connectivity index (χ2n) is 1.58. The van der Waals surface area contributed by atoms with Crippen molar-refractivity contribution in [3.05, 3.63) is 16.0 Å². The van der Waals surface area contributed by atoms with Crippen LogP contribution in [0.5, 0.6) is 0 Å². The Balaban J connectivity index is 3.09. The van der Waals surface area contributed by atoms with Crippen molar-refractivity contribution in [2.45, 2.75) is 0 Å². The van der Waals surface area contributed by atoms with Crippen LogP contribution >= 0.6 is 27.5 Å². The quantitative estimate of drug-likeness (QED) is 0.789. The Kier molecular flexibility index (Phi) is 2.45. The van der Waals surface area contributed by atoms with Crippen LogP contribution in [0.4, 0.5) is 5.82 Å². The predicted molar refractivity (Wildman–Crippen MR) is 44.3 cm³/mol. The predicted octanol–water partition coefficient (Wildman–Crippen LogP) is 1.93. The fraction of sp³-hybridized carbons (Fsp3) is 0.200. The lowest BCUT2D eigenvalue weighted by atomic mass is 10.7. The third-order valence-corrected chi connectivity index (χ3v) is 1.70. The summed E-state index contributed by atoms with van der Waals surface area (Å²) in [5.74, 6) is 0.646. The number of rotatable bonds is 1. The first kappa shape index (κ1) is 7.75. The largest absolute Gasteiger partial charge is 0.371 e. The molecule has 0 aliphatic heterocycles. The SMILES string of the molecule is CNc1nc(Cl)cnc1Br. The number of hydrogen-bond donors (Lipinski definition) is 1. The smallest absolute Gasteiger partial charge is 0.160 e. The lowest BCUT2D eigenvalue weighted by Gasteiger charge is -1.99. The van der Waals surface area contributed by atoms with Crippen molar-refractivity contribution < 1.29 is 0 Å². The van der Waals surface area contributed by atoms with Gasteiger partial charge in [-0.25, -0.2) is 9.97 Å². The van der Waals surface area contributed by atoms with E-state index in [-0.39, 0.29) is 0 Å². The molecule has 54 valence electrons. The Labute approximate surface area is 72.0 Å². The van der Waals surface area contributed by atoms with E-state index in [0.29, 0.717) is 15.6 Å². The van der Waals surface area contributed by atoms with Gasteiger partial charge >= 0.3 is 0 Å². The molecule has 0 fully saturated rings. The van der Waals surface area contributed by atoms with Gasteiger partial charge in [-0.2, -0.15) is 0 Å². The molecule has 0 amide bonds. The topological polar surface area (TPSA) is 37.8 Å². The van der Waals surface area contributed by atoms with Crippen molar-refractivity contribution in [3.8, 4) is 0 Å². The Morgan fingerprint density at radius 2 is 2.40 bits per heavy atom. The molecule has 1 aromatic heterocycles. The van der Waals surface area contributed by atoms with Crippen molar-refractivity contribution in [1.82, 2.24) is 9.97 Å². The van der Waals surface area contributed by atoms with E-state index in [9.17, 15) is 0 Å². The van der Waals surface area contributed by atoms with E-state index in [1.165, 1.54) is 6.20 Å². The van der Waals surface area contributed by atoms with Gasteiger partial charge in [-0.05, 0) is 15.9 Å². The maximum Gasteiger partial charge on any atom is 0.160 e. The minimum Gasteiger partial charge on any atom is -0.371 e. The molecule has 1 aromatic rings. The molecule has 0 aliphatic rings. The fourth-order valence-corrected chi connectivity index (χ4v) is 1.03. The first-order valence-electron chi connectivity index (χ1n) is 2.60. The van der Waals surface area contributed by atoms with Gasteiger partial charge in [0.2, 0.25) is 0 Å². The summed E-state index contributed by atoms with van der Waals surface area (Å²) in [5.41, 5.74) is 0. The van der Waals surface area contributed by atoms with Gasteiger partial charge < -0.3 is 5.32 Å². The lowest BCUT2D eigenvalue weighted by Crippen LogP contribution is -1.94. The van der Waals surface area contributed by atoms with Crippen LogP contribution in [0.2, 0.25) is 5.15 Å². The van der Waals surface area contributed by atoms with Crippen LogP contribution in [0, 0.1) is 0 Å². The lowest BCUT2D eigenvalue weighted by molar-refractivity contribution is 1.15. The molecule has 0 saturated carbocycles. The molecule has 1 rings (SSSR count). The molecule has 0 bridgehead atoms. The molecule has 5 heteroatoms. The van der Waals surface area contributed by atoms with Crippen molar-refractivity contribution in [2.75, 3.05) is 12.4 Å². The first-order valence-corrected chi connectivity index (χ1v) is 3.77. The van der Waals surface area contributed by atoms with E-state index < -0.39 is 0 Å². The van der Waals surface area contributed by atoms with Gasteiger partial charge in [-0.15, -0.1) is 0 Å². The van der Waals surface area contributed by atoms with Gasteiger partial charge in [0.05, 0.1) is 6.20 Å². The van der Waals surface area contributed by atoms with E-state index >= 15 is 0 Å². The number of nitrogens with one attached hydrogen (secondary N) is 1. The first-order chi connectivity index (χ1) is 4.74. The van der Waals surface area contributed by atoms with Crippen LogP contribution in [0.15, 0.2) is 10.8 Å². The molecule has 0 aliphatic carbocycles. The van der Waals surface area contributed by atoms with E-state index in [0.717, 1.165) is 0 Å².